The summed E-state index contributed by atoms with van der Waals surface area (Å²) in [6, 6.07) is 8.23. The zero-order chi connectivity index (χ0) is 15.1. The third-order valence-electron chi connectivity index (χ3n) is 3.79. The molecule has 1 N–H and O–H groups in total. The first-order chi connectivity index (χ1) is 10.2. The summed E-state index contributed by atoms with van der Waals surface area (Å²) >= 11 is 3.49. The summed E-state index contributed by atoms with van der Waals surface area (Å²) in [6.45, 7) is 4.19. The third-order valence-corrected chi connectivity index (χ3v) is 4.28. The fraction of sp³-hybridized carbons (Fsp3) is 0.562. The Labute approximate surface area is 135 Å². The maximum atomic E-state index is 11.6. The quantitative estimate of drug-likeness (QED) is 0.796. The Hall–Kier alpha value is -0.910. The zero-order valence-electron chi connectivity index (χ0n) is 12.5. The van der Waals surface area contributed by atoms with Gasteiger partial charge < -0.3 is 10.1 Å². The third kappa shape index (κ3) is 5.77. The van der Waals surface area contributed by atoms with Gasteiger partial charge in [-0.2, -0.15) is 0 Å². The average molecular weight is 355 g/mol. The Kier molecular flexibility index (Phi) is 6.67. The van der Waals surface area contributed by atoms with E-state index >= 15 is 0 Å². The molecule has 1 aromatic carbocycles. The van der Waals surface area contributed by atoms with Gasteiger partial charge in [0.2, 0.25) is 0 Å². The molecule has 0 amide bonds. The Bertz CT molecular complexity index is 461. The SMILES string of the molecule is COC(=O)CN(Cc1cccc(Br)c1)CC1CCCNC1. The van der Waals surface area contributed by atoms with Crippen molar-refractivity contribution in [1.82, 2.24) is 10.2 Å². The lowest BCUT2D eigenvalue weighted by molar-refractivity contribution is -0.142. The molecule has 21 heavy (non-hydrogen) atoms. The minimum atomic E-state index is -0.172. The van der Waals surface area contributed by atoms with Crippen LogP contribution in [-0.4, -0.2) is 44.2 Å². The van der Waals surface area contributed by atoms with E-state index in [9.17, 15) is 4.79 Å². The highest BCUT2D eigenvalue weighted by Crippen LogP contribution is 2.16. The molecule has 0 saturated carbocycles. The molecule has 0 spiro atoms. The molecule has 0 radical (unpaired) electrons. The normalized spacial score (nSPS) is 18.7. The maximum absolute atomic E-state index is 11.6. The van der Waals surface area contributed by atoms with Crippen LogP contribution in [0.1, 0.15) is 18.4 Å². The minimum Gasteiger partial charge on any atom is -0.468 e. The summed E-state index contributed by atoms with van der Waals surface area (Å²) < 4.78 is 5.89. The van der Waals surface area contributed by atoms with Crippen LogP contribution in [0.5, 0.6) is 0 Å². The predicted octanol–water partition coefficient (Wildman–Crippen LogP) is 2.42. The number of halogens is 1. The van der Waals surface area contributed by atoms with Crippen molar-refractivity contribution in [1.29, 1.82) is 0 Å². The van der Waals surface area contributed by atoms with Gasteiger partial charge in [-0.15, -0.1) is 0 Å². The molecule has 116 valence electrons. The highest BCUT2D eigenvalue weighted by Gasteiger charge is 2.19. The minimum absolute atomic E-state index is 0.172. The summed E-state index contributed by atoms with van der Waals surface area (Å²) in [5, 5.41) is 3.43. The van der Waals surface area contributed by atoms with Gasteiger partial charge in [0.15, 0.2) is 0 Å². The molecule has 0 aromatic heterocycles. The number of nitrogens with one attached hydrogen (secondary N) is 1. The lowest BCUT2D eigenvalue weighted by Crippen LogP contribution is -2.40. The van der Waals surface area contributed by atoms with E-state index in [-0.39, 0.29) is 5.97 Å². The van der Waals surface area contributed by atoms with E-state index < -0.39 is 0 Å². The highest BCUT2D eigenvalue weighted by atomic mass is 79.9. The fourth-order valence-electron chi connectivity index (χ4n) is 2.77. The average Bonchev–Trinajstić information content (AvgIpc) is 2.48. The molecule has 2 rings (SSSR count). The summed E-state index contributed by atoms with van der Waals surface area (Å²) in [5.74, 6) is 0.435. The molecular formula is C16H23BrN2O2. The first-order valence-electron chi connectivity index (χ1n) is 7.41. The molecule has 1 fully saturated rings. The second kappa shape index (κ2) is 8.51. The molecule has 1 heterocycles. The summed E-state index contributed by atoms with van der Waals surface area (Å²) in [5.41, 5.74) is 1.21. The van der Waals surface area contributed by atoms with Crippen molar-refractivity contribution in [3.8, 4) is 0 Å². The molecular weight excluding hydrogens is 332 g/mol. The summed E-state index contributed by atoms with van der Waals surface area (Å²) in [7, 11) is 1.45. The molecule has 1 saturated heterocycles. The van der Waals surface area contributed by atoms with Crippen LogP contribution < -0.4 is 5.32 Å². The van der Waals surface area contributed by atoms with Gasteiger partial charge in [-0.25, -0.2) is 0 Å². The standard InChI is InChI=1S/C16H23BrN2O2/c1-21-16(20)12-19(11-14-5-3-7-18-9-14)10-13-4-2-6-15(17)8-13/h2,4,6,8,14,18H,3,5,7,9-12H2,1H3. The van der Waals surface area contributed by atoms with Gasteiger partial charge >= 0.3 is 5.97 Å². The van der Waals surface area contributed by atoms with Gasteiger partial charge in [0.1, 0.15) is 0 Å². The van der Waals surface area contributed by atoms with Gasteiger partial charge in [-0.05, 0) is 49.5 Å². The number of carbonyl (C=O) groups excluding carboxylic acids is 1. The molecule has 1 aliphatic rings. The molecule has 4 nitrogen and oxygen atoms in total. The largest absolute Gasteiger partial charge is 0.468 e. The number of ether oxygens (including phenoxy) is 1. The Morgan fingerprint density at radius 1 is 1.52 bits per heavy atom. The van der Waals surface area contributed by atoms with Crippen LogP contribution in [0.3, 0.4) is 0 Å². The number of hydrogen-bond donors (Lipinski definition) is 1. The maximum Gasteiger partial charge on any atom is 0.319 e. The van der Waals surface area contributed by atoms with Crippen LogP contribution in [0, 0.1) is 5.92 Å². The van der Waals surface area contributed by atoms with Crippen LogP contribution in [-0.2, 0) is 16.1 Å². The van der Waals surface area contributed by atoms with Crippen molar-refractivity contribution in [2.75, 3.05) is 33.3 Å². The van der Waals surface area contributed by atoms with Crippen LogP contribution >= 0.6 is 15.9 Å². The first-order valence-corrected chi connectivity index (χ1v) is 8.21. The van der Waals surface area contributed by atoms with Gasteiger partial charge in [0.25, 0.3) is 0 Å². The molecule has 1 atom stereocenters. The molecule has 1 aliphatic heterocycles. The number of methoxy groups -OCH3 is 1. The number of hydrogen-bond acceptors (Lipinski definition) is 4. The van der Waals surface area contributed by atoms with Crippen molar-refractivity contribution in [2.24, 2.45) is 5.92 Å². The highest BCUT2D eigenvalue weighted by molar-refractivity contribution is 9.10. The summed E-state index contributed by atoms with van der Waals surface area (Å²) in [4.78, 5) is 13.8. The van der Waals surface area contributed by atoms with Gasteiger partial charge in [0.05, 0.1) is 13.7 Å². The van der Waals surface area contributed by atoms with Gasteiger partial charge in [0, 0.05) is 17.6 Å². The van der Waals surface area contributed by atoms with E-state index in [1.807, 2.05) is 12.1 Å². The molecule has 0 bridgehead atoms. The van der Waals surface area contributed by atoms with E-state index in [1.165, 1.54) is 25.5 Å². The van der Waals surface area contributed by atoms with Crippen LogP contribution in [0.4, 0.5) is 0 Å². The van der Waals surface area contributed by atoms with Gasteiger partial charge in [-0.1, -0.05) is 28.1 Å². The van der Waals surface area contributed by atoms with Crippen molar-refractivity contribution >= 4 is 21.9 Å². The fourth-order valence-corrected chi connectivity index (χ4v) is 3.22. The van der Waals surface area contributed by atoms with E-state index in [4.69, 9.17) is 4.74 Å². The Morgan fingerprint density at radius 3 is 3.05 bits per heavy atom. The molecule has 1 unspecified atom stereocenters. The van der Waals surface area contributed by atoms with Crippen LogP contribution in [0.25, 0.3) is 0 Å². The second-order valence-corrected chi connectivity index (χ2v) is 6.50. The topological polar surface area (TPSA) is 41.6 Å². The number of piperidine rings is 1. The number of rotatable bonds is 6. The van der Waals surface area contributed by atoms with E-state index in [0.717, 1.165) is 30.7 Å². The van der Waals surface area contributed by atoms with Crippen molar-refractivity contribution in [3.05, 3.63) is 34.3 Å². The lowest BCUT2D eigenvalue weighted by atomic mass is 9.99. The first kappa shape index (κ1) is 16.5. The van der Waals surface area contributed by atoms with Crippen molar-refractivity contribution in [3.63, 3.8) is 0 Å². The molecule has 1 aromatic rings. The van der Waals surface area contributed by atoms with E-state index in [2.05, 4.69) is 38.3 Å². The predicted molar refractivity (Wildman–Crippen MR) is 87.0 cm³/mol. The number of carbonyl (C=O) groups is 1. The zero-order valence-corrected chi connectivity index (χ0v) is 14.1. The van der Waals surface area contributed by atoms with Crippen molar-refractivity contribution < 1.29 is 9.53 Å². The van der Waals surface area contributed by atoms with E-state index in [1.54, 1.807) is 0 Å². The van der Waals surface area contributed by atoms with E-state index in [0.29, 0.717) is 12.5 Å². The second-order valence-electron chi connectivity index (χ2n) is 5.59. The lowest BCUT2D eigenvalue weighted by Gasteiger charge is -2.29. The number of benzene rings is 1. The molecule has 5 heteroatoms. The number of nitrogens with zero attached hydrogens (tertiary/aromatic N) is 1. The Morgan fingerprint density at radius 2 is 2.38 bits per heavy atom. The van der Waals surface area contributed by atoms with Crippen molar-refractivity contribution in [2.45, 2.75) is 19.4 Å². The number of esters is 1. The monoisotopic (exact) mass is 354 g/mol. The van der Waals surface area contributed by atoms with Crippen LogP contribution in [0.15, 0.2) is 28.7 Å². The van der Waals surface area contributed by atoms with Gasteiger partial charge in [-0.3, -0.25) is 9.69 Å². The Balaban J connectivity index is 1.98. The summed E-state index contributed by atoms with van der Waals surface area (Å²) in [6.07, 6.45) is 2.44. The molecule has 0 aliphatic carbocycles. The van der Waals surface area contributed by atoms with Crippen LogP contribution in [0.2, 0.25) is 0 Å². The smallest absolute Gasteiger partial charge is 0.319 e.